The van der Waals surface area contributed by atoms with Gasteiger partial charge in [-0.3, -0.25) is 0 Å². The van der Waals surface area contributed by atoms with Crippen LogP contribution in [0.5, 0.6) is 0 Å². The van der Waals surface area contributed by atoms with Gasteiger partial charge >= 0.3 is 0 Å². The van der Waals surface area contributed by atoms with Gasteiger partial charge in [0, 0.05) is 10.2 Å². The fraction of sp³-hybridized carbons (Fsp3) is 0.0714. The first-order chi connectivity index (χ1) is 8.72. The number of anilines is 2. The fourth-order valence-corrected chi connectivity index (χ4v) is 3.21. The lowest BCUT2D eigenvalue weighted by Crippen LogP contribution is -1.91. The molecule has 0 unspecified atom stereocenters. The molecular formula is C14H11BrN2S. The third kappa shape index (κ3) is 2.26. The minimum absolute atomic E-state index is 0.928. The number of benzene rings is 2. The topological polar surface area (TPSA) is 24.9 Å². The van der Waals surface area contributed by atoms with Crippen LogP contribution >= 0.6 is 27.3 Å². The Balaban J connectivity index is 1.98. The molecule has 1 heterocycles. The average Bonchev–Trinajstić information content (AvgIpc) is 2.73. The molecule has 0 saturated heterocycles. The molecule has 0 fully saturated rings. The zero-order valence-corrected chi connectivity index (χ0v) is 12.2. The Morgan fingerprint density at radius 3 is 2.83 bits per heavy atom. The van der Waals surface area contributed by atoms with Crippen LogP contribution in [0, 0.1) is 6.92 Å². The van der Waals surface area contributed by atoms with Gasteiger partial charge in [0.05, 0.1) is 10.2 Å². The van der Waals surface area contributed by atoms with Crippen LogP contribution in [0.3, 0.4) is 0 Å². The second-order valence-corrected chi connectivity index (χ2v) is 6.02. The number of hydrogen-bond donors (Lipinski definition) is 1. The molecule has 0 atom stereocenters. The fourth-order valence-electron chi connectivity index (χ4n) is 1.78. The van der Waals surface area contributed by atoms with Gasteiger partial charge in [-0.15, -0.1) is 0 Å². The third-order valence-electron chi connectivity index (χ3n) is 2.74. The highest BCUT2D eigenvalue weighted by molar-refractivity contribution is 9.10. The van der Waals surface area contributed by atoms with Gasteiger partial charge in [0.2, 0.25) is 0 Å². The summed E-state index contributed by atoms with van der Waals surface area (Å²) >= 11 is 5.14. The Morgan fingerprint density at radius 1 is 1.17 bits per heavy atom. The number of aryl methyl sites for hydroxylation is 1. The zero-order valence-electron chi connectivity index (χ0n) is 9.77. The van der Waals surface area contributed by atoms with Gasteiger partial charge in [-0.25, -0.2) is 4.98 Å². The van der Waals surface area contributed by atoms with Crippen molar-refractivity contribution in [1.82, 2.24) is 4.98 Å². The van der Waals surface area contributed by atoms with E-state index in [-0.39, 0.29) is 0 Å². The number of halogens is 1. The summed E-state index contributed by atoms with van der Waals surface area (Å²) in [4.78, 5) is 4.58. The Hall–Kier alpha value is -1.39. The first-order valence-electron chi connectivity index (χ1n) is 5.61. The molecule has 0 aliphatic carbocycles. The summed E-state index contributed by atoms with van der Waals surface area (Å²) in [6, 6.07) is 14.4. The highest BCUT2D eigenvalue weighted by Gasteiger charge is 2.05. The largest absolute Gasteiger partial charge is 0.331 e. The van der Waals surface area contributed by atoms with Crippen LogP contribution in [0.1, 0.15) is 5.56 Å². The second kappa shape index (κ2) is 4.71. The number of para-hydroxylation sites is 1. The summed E-state index contributed by atoms with van der Waals surface area (Å²) < 4.78 is 2.27. The van der Waals surface area contributed by atoms with Gasteiger partial charge in [0.15, 0.2) is 5.13 Å². The van der Waals surface area contributed by atoms with Crippen molar-refractivity contribution in [3.8, 4) is 0 Å². The molecule has 0 spiro atoms. The van der Waals surface area contributed by atoms with E-state index in [2.05, 4.69) is 51.4 Å². The first kappa shape index (κ1) is 11.7. The van der Waals surface area contributed by atoms with Gasteiger partial charge in [-0.05, 0) is 36.8 Å². The van der Waals surface area contributed by atoms with E-state index in [0.717, 1.165) is 20.8 Å². The number of thiazole rings is 1. The Morgan fingerprint density at radius 2 is 2.00 bits per heavy atom. The van der Waals surface area contributed by atoms with Crippen LogP contribution in [0.4, 0.5) is 10.8 Å². The van der Waals surface area contributed by atoms with Crippen LogP contribution in [0.25, 0.3) is 10.2 Å². The maximum Gasteiger partial charge on any atom is 0.188 e. The molecular weight excluding hydrogens is 308 g/mol. The summed E-state index contributed by atoms with van der Waals surface area (Å²) in [5.74, 6) is 0. The maximum atomic E-state index is 4.58. The van der Waals surface area contributed by atoms with Crippen LogP contribution in [-0.4, -0.2) is 4.98 Å². The molecule has 0 bridgehead atoms. The molecule has 4 heteroatoms. The molecule has 2 aromatic carbocycles. The van der Waals surface area contributed by atoms with Crippen molar-refractivity contribution in [3.05, 3.63) is 52.5 Å². The molecule has 18 heavy (non-hydrogen) atoms. The minimum Gasteiger partial charge on any atom is -0.331 e. The second-order valence-electron chi connectivity index (χ2n) is 4.07. The molecule has 0 aliphatic rings. The quantitative estimate of drug-likeness (QED) is 0.710. The smallest absolute Gasteiger partial charge is 0.188 e. The van der Waals surface area contributed by atoms with Crippen molar-refractivity contribution < 1.29 is 0 Å². The van der Waals surface area contributed by atoms with Gasteiger partial charge in [-0.1, -0.05) is 45.5 Å². The van der Waals surface area contributed by atoms with Gasteiger partial charge in [-0.2, -0.15) is 0 Å². The molecule has 3 aromatic rings. The van der Waals surface area contributed by atoms with E-state index >= 15 is 0 Å². The summed E-state index contributed by atoms with van der Waals surface area (Å²) in [6.45, 7) is 2.09. The summed E-state index contributed by atoms with van der Waals surface area (Å²) in [7, 11) is 0. The van der Waals surface area contributed by atoms with Crippen molar-refractivity contribution >= 4 is 48.3 Å². The minimum atomic E-state index is 0.928. The lowest BCUT2D eigenvalue weighted by atomic mass is 10.2. The Bertz CT molecular complexity index is 706. The average molecular weight is 319 g/mol. The van der Waals surface area contributed by atoms with Crippen molar-refractivity contribution in [2.45, 2.75) is 6.92 Å². The van der Waals surface area contributed by atoms with E-state index in [1.165, 1.54) is 10.3 Å². The molecule has 0 radical (unpaired) electrons. The molecule has 0 aliphatic heterocycles. The number of hydrogen-bond acceptors (Lipinski definition) is 3. The first-order valence-corrected chi connectivity index (χ1v) is 7.22. The molecule has 3 rings (SSSR count). The summed E-state index contributed by atoms with van der Waals surface area (Å²) in [6.07, 6.45) is 0. The van der Waals surface area contributed by atoms with Crippen LogP contribution in [-0.2, 0) is 0 Å². The van der Waals surface area contributed by atoms with E-state index in [9.17, 15) is 0 Å². The van der Waals surface area contributed by atoms with E-state index in [1.54, 1.807) is 11.3 Å². The van der Waals surface area contributed by atoms with Gasteiger partial charge in [0.25, 0.3) is 0 Å². The number of rotatable bonds is 2. The number of aromatic nitrogens is 1. The predicted octanol–water partition coefficient (Wildman–Crippen LogP) is 5.11. The van der Waals surface area contributed by atoms with Gasteiger partial charge in [0.1, 0.15) is 0 Å². The van der Waals surface area contributed by atoms with E-state index in [4.69, 9.17) is 0 Å². The lowest BCUT2D eigenvalue weighted by Gasteiger charge is -2.04. The van der Waals surface area contributed by atoms with Crippen molar-refractivity contribution in [2.24, 2.45) is 0 Å². The van der Waals surface area contributed by atoms with Crippen molar-refractivity contribution in [2.75, 3.05) is 5.32 Å². The predicted molar refractivity (Wildman–Crippen MR) is 81.8 cm³/mol. The van der Waals surface area contributed by atoms with Crippen LogP contribution in [0.15, 0.2) is 46.9 Å². The summed E-state index contributed by atoms with van der Waals surface area (Å²) in [5.41, 5.74) is 3.35. The Labute approximate surface area is 118 Å². The van der Waals surface area contributed by atoms with Crippen LogP contribution in [0.2, 0.25) is 0 Å². The standard InChI is InChI=1S/C14H11BrN2S/c1-9-4-2-3-5-11(9)16-14-17-12-7-6-10(15)8-13(12)18-14/h2-8H,1H3,(H,16,17). The number of nitrogens with one attached hydrogen (secondary N) is 1. The molecule has 90 valence electrons. The Kier molecular flexibility index (Phi) is 3.06. The number of nitrogens with zero attached hydrogens (tertiary/aromatic N) is 1. The molecule has 1 N–H and O–H groups in total. The molecule has 2 nitrogen and oxygen atoms in total. The zero-order chi connectivity index (χ0) is 12.5. The highest BCUT2D eigenvalue weighted by Crippen LogP contribution is 2.30. The van der Waals surface area contributed by atoms with Crippen molar-refractivity contribution in [1.29, 1.82) is 0 Å². The molecule has 0 saturated carbocycles. The van der Waals surface area contributed by atoms with Crippen LogP contribution < -0.4 is 5.32 Å². The highest BCUT2D eigenvalue weighted by atomic mass is 79.9. The maximum absolute atomic E-state index is 4.58. The van der Waals surface area contributed by atoms with E-state index in [0.29, 0.717) is 0 Å². The lowest BCUT2D eigenvalue weighted by molar-refractivity contribution is 1.40. The summed E-state index contributed by atoms with van der Waals surface area (Å²) in [5, 5.41) is 4.30. The molecule has 0 amide bonds. The van der Waals surface area contributed by atoms with Crippen molar-refractivity contribution in [3.63, 3.8) is 0 Å². The van der Waals surface area contributed by atoms with Gasteiger partial charge < -0.3 is 5.32 Å². The molecule has 1 aromatic heterocycles. The SMILES string of the molecule is Cc1ccccc1Nc1nc2ccc(Br)cc2s1. The monoisotopic (exact) mass is 318 g/mol. The van der Waals surface area contributed by atoms with E-state index < -0.39 is 0 Å². The number of fused-ring (bicyclic) bond motifs is 1. The van der Waals surface area contributed by atoms with E-state index in [1.807, 2.05) is 24.3 Å². The third-order valence-corrected chi connectivity index (χ3v) is 4.16. The normalized spacial score (nSPS) is 10.8.